The summed E-state index contributed by atoms with van der Waals surface area (Å²) < 4.78 is 30.0. The van der Waals surface area contributed by atoms with Gasteiger partial charge in [-0.25, -0.2) is 8.78 Å². The Morgan fingerprint density at radius 3 is 1.75 bits per heavy atom. The van der Waals surface area contributed by atoms with Gasteiger partial charge in [0.1, 0.15) is 11.6 Å². The highest BCUT2D eigenvalue weighted by atomic mass is 19.1. The highest BCUT2D eigenvalue weighted by Crippen LogP contribution is 2.46. The molecule has 1 aromatic heterocycles. The minimum atomic E-state index is -0.251. The molecule has 8 rings (SSSR count). The minimum absolute atomic E-state index is 0.245. The number of benzene rings is 7. The average Bonchev–Trinajstić information content (AvgIpc) is 3.32. The number of hydrogen-bond acceptors (Lipinski definition) is 0. The van der Waals surface area contributed by atoms with Gasteiger partial charge in [0.25, 0.3) is 0 Å². The van der Waals surface area contributed by atoms with E-state index in [2.05, 4.69) is 84.4 Å². The minimum Gasteiger partial charge on any atom is -0.344 e. The van der Waals surface area contributed by atoms with E-state index >= 15 is 0 Å². The van der Waals surface area contributed by atoms with E-state index in [4.69, 9.17) is 0 Å². The second-order valence-corrected chi connectivity index (χ2v) is 10.5. The predicted molar refractivity (Wildman–Crippen MR) is 163 cm³/mol. The first kappa shape index (κ1) is 22.9. The molecule has 40 heavy (non-hydrogen) atoms. The molecule has 0 amide bonds. The van der Waals surface area contributed by atoms with Crippen molar-refractivity contribution in [2.75, 3.05) is 0 Å². The molecular weight excluding hydrogens is 496 g/mol. The lowest BCUT2D eigenvalue weighted by molar-refractivity contribution is 0.627. The fourth-order valence-electron chi connectivity index (χ4n) is 6.41. The number of halogens is 2. The third-order valence-electron chi connectivity index (χ3n) is 8.32. The molecule has 0 N–H and O–H groups in total. The lowest BCUT2D eigenvalue weighted by Crippen LogP contribution is -1.96. The molecule has 0 aliphatic rings. The molecule has 0 aliphatic heterocycles. The van der Waals surface area contributed by atoms with E-state index in [9.17, 15) is 8.78 Å². The van der Waals surface area contributed by atoms with Gasteiger partial charge in [0.15, 0.2) is 0 Å². The summed E-state index contributed by atoms with van der Waals surface area (Å²) >= 11 is 0. The van der Waals surface area contributed by atoms with Crippen LogP contribution in [0.15, 0.2) is 121 Å². The molecule has 1 nitrogen and oxygen atoms in total. The Morgan fingerprint density at radius 2 is 1.05 bits per heavy atom. The second-order valence-electron chi connectivity index (χ2n) is 10.5. The van der Waals surface area contributed by atoms with Crippen molar-refractivity contribution in [1.82, 2.24) is 4.57 Å². The molecule has 0 aliphatic carbocycles. The lowest BCUT2D eigenvalue weighted by Gasteiger charge is -2.19. The molecule has 0 bridgehead atoms. The maximum atomic E-state index is 14.0. The van der Waals surface area contributed by atoms with E-state index in [1.54, 1.807) is 0 Å². The summed E-state index contributed by atoms with van der Waals surface area (Å²) in [6, 6.07) is 39.4. The number of aromatic nitrogens is 1. The highest BCUT2D eigenvalue weighted by Gasteiger charge is 2.20. The summed E-state index contributed by atoms with van der Waals surface area (Å²) in [4.78, 5) is 0. The molecule has 7 aromatic carbocycles. The van der Waals surface area contributed by atoms with Crippen molar-refractivity contribution in [3.63, 3.8) is 0 Å². The molecule has 3 heteroatoms. The Bertz CT molecular complexity index is 2220. The van der Waals surface area contributed by atoms with Crippen LogP contribution < -0.4 is 0 Å². The topological polar surface area (TPSA) is 4.93 Å². The summed E-state index contributed by atoms with van der Waals surface area (Å²) in [6.45, 7) is 0. The van der Waals surface area contributed by atoms with Gasteiger partial charge in [0.2, 0.25) is 0 Å². The fraction of sp³-hybridized carbons (Fsp3) is 0.0270. The van der Waals surface area contributed by atoms with Gasteiger partial charge in [-0.15, -0.1) is 0 Å². The van der Waals surface area contributed by atoms with Gasteiger partial charge in [0, 0.05) is 29.2 Å². The molecule has 1 heterocycles. The quantitative estimate of drug-likeness (QED) is 0.205. The summed E-state index contributed by atoms with van der Waals surface area (Å²) in [5.41, 5.74) is 7.51. The zero-order valence-corrected chi connectivity index (χ0v) is 21.8. The van der Waals surface area contributed by atoms with Crippen LogP contribution in [0.1, 0.15) is 0 Å². The van der Waals surface area contributed by atoms with Gasteiger partial charge in [0.05, 0.1) is 0 Å². The Morgan fingerprint density at radius 1 is 0.475 bits per heavy atom. The van der Waals surface area contributed by atoms with E-state index in [1.165, 1.54) is 51.3 Å². The summed E-state index contributed by atoms with van der Waals surface area (Å²) in [5, 5.41) is 8.12. The number of rotatable bonds is 3. The van der Waals surface area contributed by atoms with Gasteiger partial charge in [-0.05, 0) is 97.0 Å². The normalized spacial score (nSPS) is 11.9. The molecule has 0 saturated heterocycles. The first-order chi connectivity index (χ1) is 19.6. The van der Waals surface area contributed by atoms with Crippen LogP contribution in [0.2, 0.25) is 0 Å². The van der Waals surface area contributed by atoms with Crippen LogP contribution in [0.3, 0.4) is 0 Å². The fourth-order valence-corrected chi connectivity index (χ4v) is 6.41. The van der Waals surface area contributed by atoms with E-state index in [-0.39, 0.29) is 11.6 Å². The summed E-state index contributed by atoms with van der Waals surface area (Å²) in [7, 11) is 2.11. The number of fused-ring (bicyclic) bond motifs is 1. The number of aryl methyl sites for hydroxylation is 1. The van der Waals surface area contributed by atoms with Gasteiger partial charge in [-0.1, -0.05) is 78.9 Å². The predicted octanol–water partition coefficient (Wildman–Crippen LogP) is 10.4. The van der Waals surface area contributed by atoms with Crippen LogP contribution >= 0.6 is 0 Å². The van der Waals surface area contributed by atoms with Crippen molar-refractivity contribution in [2.45, 2.75) is 0 Å². The average molecular weight is 520 g/mol. The van der Waals surface area contributed by atoms with Gasteiger partial charge in [-0.2, -0.15) is 0 Å². The van der Waals surface area contributed by atoms with Crippen LogP contribution in [0, 0.1) is 11.6 Å². The monoisotopic (exact) mass is 519 g/mol. The van der Waals surface area contributed by atoms with Crippen molar-refractivity contribution in [2.24, 2.45) is 7.05 Å². The first-order valence-corrected chi connectivity index (χ1v) is 13.4. The Kier molecular flexibility index (Phi) is 4.86. The maximum Gasteiger partial charge on any atom is 0.123 e. The second kappa shape index (κ2) is 8.49. The van der Waals surface area contributed by atoms with Crippen molar-refractivity contribution >= 4 is 43.2 Å². The van der Waals surface area contributed by atoms with Crippen molar-refractivity contribution in [3.05, 3.63) is 133 Å². The number of para-hydroxylation sites is 1. The summed E-state index contributed by atoms with van der Waals surface area (Å²) in [5.74, 6) is -0.496. The molecule has 0 fully saturated rings. The standard InChI is InChI=1S/C37H23F2N/c1-40-34-5-3-2-4-25(34)20-35(40)33-21-32(23-8-14-27(39)15-9-23)30-17-11-24-10-16-28(22-6-12-26(38)13-7-22)29-18-19-31(33)37(30)36(24)29/h2-21H,1H3. The maximum absolute atomic E-state index is 14.0. The number of hydrogen-bond donors (Lipinski definition) is 0. The Hall–Kier alpha value is -5.02. The molecule has 190 valence electrons. The van der Waals surface area contributed by atoms with Gasteiger partial charge >= 0.3 is 0 Å². The summed E-state index contributed by atoms with van der Waals surface area (Å²) in [6.07, 6.45) is 0. The molecule has 0 atom stereocenters. The number of nitrogens with zero attached hydrogens (tertiary/aromatic N) is 1. The SMILES string of the molecule is Cn1c(-c2cc(-c3ccc(F)cc3)c3ccc4ccc(-c5ccc(F)cc5)c5ccc2c3c45)cc2ccccc21. The molecule has 0 saturated carbocycles. The third-order valence-corrected chi connectivity index (χ3v) is 8.32. The van der Waals surface area contributed by atoms with E-state index in [1.807, 2.05) is 24.3 Å². The molecule has 0 unspecified atom stereocenters. The molecular formula is C37H23F2N. The zero-order chi connectivity index (χ0) is 27.0. The molecule has 0 spiro atoms. The zero-order valence-electron chi connectivity index (χ0n) is 21.8. The van der Waals surface area contributed by atoms with Crippen LogP contribution in [-0.2, 0) is 7.05 Å². The van der Waals surface area contributed by atoms with Crippen LogP contribution in [0.25, 0.3) is 76.7 Å². The van der Waals surface area contributed by atoms with Crippen molar-refractivity contribution in [3.8, 4) is 33.5 Å². The van der Waals surface area contributed by atoms with Crippen LogP contribution in [-0.4, -0.2) is 4.57 Å². The first-order valence-electron chi connectivity index (χ1n) is 13.4. The Labute approximate surface area is 229 Å². The Balaban J connectivity index is 1.53. The van der Waals surface area contributed by atoms with E-state index in [0.29, 0.717) is 0 Å². The largest absolute Gasteiger partial charge is 0.344 e. The van der Waals surface area contributed by atoms with Crippen LogP contribution in [0.5, 0.6) is 0 Å². The van der Waals surface area contributed by atoms with Crippen molar-refractivity contribution < 1.29 is 8.78 Å². The van der Waals surface area contributed by atoms with Crippen molar-refractivity contribution in [1.29, 1.82) is 0 Å². The van der Waals surface area contributed by atoms with E-state index < -0.39 is 0 Å². The van der Waals surface area contributed by atoms with Gasteiger partial charge in [-0.3, -0.25) is 0 Å². The highest BCUT2D eigenvalue weighted by molar-refractivity contribution is 6.30. The molecule has 8 aromatic rings. The third kappa shape index (κ3) is 3.31. The van der Waals surface area contributed by atoms with Gasteiger partial charge < -0.3 is 4.57 Å². The van der Waals surface area contributed by atoms with Crippen LogP contribution in [0.4, 0.5) is 8.78 Å². The molecule has 0 radical (unpaired) electrons. The van der Waals surface area contributed by atoms with E-state index in [0.717, 1.165) is 49.7 Å². The lowest BCUT2D eigenvalue weighted by atomic mass is 9.85. The smallest absolute Gasteiger partial charge is 0.123 e.